The monoisotopic (exact) mass is 158 g/mol. The smallest absolute Gasteiger partial charge is 0.00772 e. The van der Waals surface area contributed by atoms with Gasteiger partial charge in [0.1, 0.15) is 0 Å². The second-order valence-electron chi connectivity index (χ2n) is 3.32. The van der Waals surface area contributed by atoms with Crippen LogP contribution in [-0.4, -0.2) is 13.1 Å². The molecule has 11 heavy (non-hydrogen) atoms. The minimum atomic E-state index is 0.835. The van der Waals surface area contributed by atoms with Crippen LogP contribution in [-0.2, 0) is 0 Å². The van der Waals surface area contributed by atoms with E-state index in [4.69, 9.17) is 11.5 Å². The van der Waals surface area contributed by atoms with Crippen LogP contribution in [0.4, 0.5) is 0 Å². The summed E-state index contributed by atoms with van der Waals surface area (Å²) in [5, 5.41) is 0. The van der Waals surface area contributed by atoms with Crippen molar-refractivity contribution in [2.24, 2.45) is 17.4 Å². The van der Waals surface area contributed by atoms with Crippen molar-refractivity contribution in [1.82, 2.24) is 0 Å². The zero-order valence-electron chi connectivity index (χ0n) is 7.68. The van der Waals surface area contributed by atoms with E-state index >= 15 is 0 Å². The van der Waals surface area contributed by atoms with Crippen molar-refractivity contribution in [3.05, 3.63) is 0 Å². The molecule has 0 aliphatic rings. The molecule has 1 unspecified atom stereocenters. The van der Waals surface area contributed by atoms with Crippen molar-refractivity contribution in [3.63, 3.8) is 0 Å². The van der Waals surface area contributed by atoms with Gasteiger partial charge in [-0.15, -0.1) is 0 Å². The highest BCUT2D eigenvalue weighted by molar-refractivity contribution is 4.54. The maximum Gasteiger partial charge on any atom is -0.00772 e. The summed E-state index contributed by atoms with van der Waals surface area (Å²) in [5.41, 5.74) is 10.8. The predicted molar refractivity (Wildman–Crippen MR) is 50.4 cm³/mol. The van der Waals surface area contributed by atoms with Crippen molar-refractivity contribution in [2.75, 3.05) is 13.1 Å². The van der Waals surface area contributed by atoms with E-state index in [-0.39, 0.29) is 0 Å². The molecule has 0 bridgehead atoms. The van der Waals surface area contributed by atoms with Crippen molar-refractivity contribution >= 4 is 0 Å². The summed E-state index contributed by atoms with van der Waals surface area (Å²) in [4.78, 5) is 0. The molecule has 0 aromatic rings. The highest BCUT2D eigenvalue weighted by Crippen LogP contribution is 2.12. The van der Waals surface area contributed by atoms with Crippen LogP contribution >= 0.6 is 0 Å². The lowest BCUT2D eigenvalue weighted by molar-refractivity contribution is 0.456. The summed E-state index contributed by atoms with van der Waals surface area (Å²) in [6, 6.07) is 0. The lowest BCUT2D eigenvalue weighted by Gasteiger charge is -2.08. The van der Waals surface area contributed by atoms with E-state index in [9.17, 15) is 0 Å². The third-order valence-corrected chi connectivity index (χ3v) is 2.05. The number of rotatable bonds is 7. The van der Waals surface area contributed by atoms with E-state index in [1.807, 2.05) is 0 Å². The first kappa shape index (κ1) is 10.9. The molecule has 0 heterocycles. The van der Waals surface area contributed by atoms with Gasteiger partial charge in [0.2, 0.25) is 0 Å². The molecular weight excluding hydrogens is 136 g/mol. The number of unbranched alkanes of at least 4 members (excludes halogenated alkanes) is 1. The standard InChI is InChI=1S/C9H22N2/c1-9(6-4-8-11)5-2-3-7-10/h9H,2-8,10-11H2,1H3. The van der Waals surface area contributed by atoms with Crippen LogP contribution in [0.25, 0.3) is 0 Å². The number of hydrogen-bond donors (Lipinski definition) is 2. The van der Waals surface area contributed by atoms with E-state index in [2.05, 4.69) is 6.92 Å². The third kappa shape index (κ3) is 7.82. The first-order valence-corrected chi connectivity index (χ1v) is 4.71. The van der Waals surface area contributed by atoms with Gasteiger partial charge in [0, 0.05) is 0 Å². The summed E-state index contributed by atoms with van der Waals surface area (Å²) < 4.78 is 0. The number of hydrogen-bond acceptors (Lipinski definition) is 2. The van der Waals surface area contributed by atoms with Crippen LogP contribution in [0, 0.1) is 5.92 Å². The van der Waals surface area contributed by atoms with Crippen molar-refractivity contribution < 1.29 is 0 Å². The molecule has 0 saturated carbocycles. The minimum absolute atomic E-state index is 0.835. The summed E-state index contributed by atoms with van der Waals surface area (Å²) >= 11 is 0. The van der Waals surface area contributed by atoms with Crippen molar-refractivity contribution in [3.8, 4) is 0 Å². The van der Waals surface area contributed by atoms with Gasteiger partial charge in [0.25, 0.3) is 0 Å². The minimum Gasteiger partial charge on any atom is -0.330 e. The Morgan fingerprint density at radius 3 is 2.00 bits per heavy atom. The van der Waals surface area contributed by atoms with Crippen LogP contribution in [0.2, 0.25) is 0 Å². The Balaban J connectivity index is 3.02. The molecule has 0 aliphatic carbocycles. The predicted octanol–water partition coefficient (Wildman–Crippen LogP) is 1.49. The second-order valence-corrected chi connectivity index (χ2v) is 3.32. The van der Waals surface area contributed by atoms with Crippen LogP contribution in [0.1, 0.15) is 39.0 Å². The molecule has 0 fully saturated rings. The van der Waals surface area contributed by atoms with E-state index in [1.165, 1.54) is 32.1 Å². The molecule has 68 valence electrons. The summed E-state index contributed by atoms with van der Waals surface area (Å²) in [5.74, 6) is 0.838. The van der Waals surface area contributed by atoms with Gasteiger partial charge in [-0.2, -0.15) is 0 Å². The topological polar surface area (TPSA) is 52.0 Å². The Morgan fingerprint density at radius 1 is 0.909 bits per heavy atom. The zero-order valence-corrected chi connectivity index (χ0v) is 7.68. The SMILES string of the molecule is CC(CCCN)CCCCN. The van der Waals surface area contributed by atoms with Gasteiger partial charge in [0.05, 0.1) is 0 Å². The normalized spacial score (nSPS) is 13.4. The molecule has 0 spiro atoms. The molecule has 0 aromatic heterocycles. The fraction of sp³-hybridized carbons (Fsp3) is 1.00. The van der Waals surface area contributed by atoms with Crippen molar-refractivity contribution in [1.29, 1.82) is 0 Å². The molecule has 0 aromatic carbocycles. The fourth-order valence-corrected chi connectivity index (χ4v) is 1.25. The van der Waals surface area contributed by atoms with Gasteiger partial charge in [0.15, 0.2) is 0 Å². The van der Waals surface area contributed by atoms with Gasteiger partial charge in [-0.1, -0.05) is 19.8 Å². The van der Waals surface area contributed by atoms with Crippen LogP contribution in [0.5, 0.6) is 0 Å². The van der Waals surface area contributed by atoms with E-state index in [0.717, 1.165) is 19.0 Å². The van der Waals surface area contributed by atoms with Crippen molar-refractivity contribution in [2.45, 2.75) is 39.0 Å². The van der Waals surface area contributed by atoms with Crippen LogP contribution in [0.3, 0.4) is 0 Å². The molecule has 0 amide bonds. The molecule has 1 atom stereocenters. The zero-order chi connectivity index (χ0) is 8.53. The Hall–Kier alpha value is -0.0800. The largest absolute Gasteiger partial charge is 0.330 e. The van der Waals surface area contributed by atoms with Gasteiger partial charge in [-0.3, -0.25) is 0 Å². The summed E-state index contributed by atoms with van der Waals surface area (Å²) in [6.07, 6.45) is 6.22. The first-order valence-electron chi connectivity index (χ1n) is 4.71. The molecule has 2 heteroatoms. The molecule has 0 aliphatic heterocycles. The Morgan fingerprint density at radius 2 is 1.45 bits per heavy atom. The molecule has 0 radical (unpaired) electrons. The van der Waals surface area contributed by atoms with Gasteiger partial charge >= 0.3 is 0 Å². The highest BCUT2D eigenvalue weighted by Gasteiger charge is 1.99. The Kier molecular flexibility index (Phi) is 7.96. The lowest BCUT2D eigenvalue weighted by atomic mass is 9.99. The summed E-state index contributed by atoms with van der Waals surface area (Å²) in [6.45, 7) is 3.97. The van der Waals surface area contributed by atoms with Gasteiger partial charge in [-0.05, 0) is 38.3 Å². The molecule has 2 nitrogen and oxygen atoms in total. The number of nitrogens with two attached hydrogens (primary N) is 2. The third-order valence-electron chi connectivity index (χ3n) is 2.05. The van der Waals surface area contributed by atoms with Gasteiger partial charge < -0.3 is 11.5 Å². The second kappa shape index (κ2) is 8.02. The highest BCUT2D eigenvalue weighted by atomic mass is 14.5. The average Bonchev–Trinajstić information content (AvgIpc) is 2.01. The lowest BCUT2D eigenvalue weighted by Crippen LogP contribution is -2.04. The van der Waals surface area contributed by atoms with E-state index in [1.54, 1.807) is 0 Å². The van der Waals surface area contributed by atoms with Crippen LogP contribution < -0.4 is 11.5 Å². The average molecular weight is 158 g/mol. The maximum atomic E-state index is 5.41. The Labute approximate surface area is 70.3 Å². The maximum absolute atomic E-state index is 5.41. The molecule has 0 saturated heterocycles. The molecule has 4 N–H and O–H groups in total. The molecule has 0 rings (SSSR count). The van der Waals surface area contributed by atoms with E-state index < -0.39 is 0 Å². The fourth-order valence-electron chi connectivity index (χ4n) is 1.25. The van der Waals surface area contributed by atoms with Gasteiger partial charge in [-0.25, -0.2) is 0 Å². The summed E-state index contributed by atoms with van der Waals surface area (Å²) in [7, 11) is 0. The van der Waals surface area contributed by atoms with E-state index in [0.29, 0.717) is 0 Å². The van der Waals surface area contributed by atoms with Crippen LogP contribution in [0.15, 0.2) is 0 Å². The molecular formula is C9H22N2. The first-order chi connectivity index (χ1) is 5.31. The quantitative estimate of drug-likeness (QED) is 0.551. The Bertz CT molecular complexity index is 74.0.